The SMILES string of the molecule is CCOc1ccc(N=Nc2ccc(/C=C/c3ccc(N=Nc4ccc(OCC)cc4)cc3S(=O)(=O)[O-])c(S(=O)(=O)[O-])c2)cc1.[Na+].[Na+]. The van der Waals surface area contributed by atoms with E-state index in [1.807, 2.05) is 13.8 Å². The van der Waals surface area contributed by atoms with E-state index in [0.717, 1.165) is 12.1 Å². The fourth-order valence-corrected chi connectivity index (χ4v) is 5.22. The molecule has 0 aliphatic rings. The molecule has 0 saturated carbocycles. The molecule has 0 N–H and O–H groups in total. The third-order valence-corrected chi connectivity index (χ3v) is 7.62. The normalized spacial score (nSPS) is 11.8. The summed E-state index contributed by atoms with van der Waals surface area (Å²) in [5.74, 6) is 1.30. The molecule has 4 rings (SSSR count). The maximum absolute atomic E-state index is 12.1. The van der Waals surface area contributed by atoms with Gasteiger partial charge in [0.1, 0.15) is 31.7 Å². The summed E-state index contributed by atoms with van der Waals surface area (Å²) >= 11 is 0. The summed E-state index contributed by atoms with van der Waals surface area (Å²) in [6.45, 7) is 4.72. The van der Waals surface area contributed by atoms with Gasteiger partial charge in [0.2, 0.25) is 0 Å². The third-order valence-electron chi connectivity index (χ3n) is 5.83. The van der Waals surface area contributed by atoms with Crippen molar-refractivity contribution in [3.8, 4) is 11.5 Å². The second kappa shape index (κ2) is 18.0. The number of azo groups is 2. The minimum Gasteiger partial charge on any atom is -0.744 e. The van der Waals surface area contributed by atoms with Crippen LogP contribution in [0, 0.1) is 0 Å². The zero-order chi connectivity index (χ0) is 31.7. The van der Waals surface area contributed by atoms with Crippen LogP contribution in [0.25, 0.3) is 12.2 Å². The Balaban J connectivity index is 0.00000368. The van der Waals surface area contributed by atoms with Crippen molar-refractivity contribution in [3.63, 3.8) is 0 Å². The average Bonchev–Trinajstić information content (AvgIpc) is 2.99. The van der Waals surface area contributed by atoms with E-state index in [1.165, 1.54) is 36.4 Å². The van der Waals surface area contributed by atoms with Crippen LogP contribution >= 0.6 is 0 Å². The van der Waals surface area contributed by atoms with E-state index < -0.39 is 30.0 Å². The molecule has 16 heteroatoms. The van der Waals surface area contributed by atoms with Gasteiger partial charge in [0.05, 0.1) is 45.8 Å². The fraction of sp³-hybridized carbons (Fsp3) is 0.133. The summed E-state index contributed by atoms with van der Waals surface area (Å²) < 4.78 is 83.0. The molecule has 12 nitrogen and oxygen atoms in total. The van der Waals surface area contributed by atoms with E-state index in [1.54, 1.807) is 48.5 Å². The summed E-state index contributed by atoms with van der Waals surface area (Å²) in [5, 5.41) is 16.1. The first-order valence-corrected chi connectivity index (χ1v) is 15.9. The maximum Gasteiger partial charge on any atom is 1.00 e. The van der Waals surface area contributed by atoms with Crippen molar-refractivity contribution in [1.82, 2.24) is 0 Å². The number of nitrogens with zero attached hydrogens (tertiary/aromatic N) is 4. The fourth-order valence-electron chi connectivity index (χ4n) is 3.84. The minimum absolute atomic E-state index is 0. The van der Waals surface area contributed by atoms with E-state index in [9.17, 15) is 25.9 Å². The zero-order valence-corrected chi connectivity index (χ0v) is 31.2. The molecule has 0 aliphatic heterocycles. The Kier molecular flexibility index (Phi) is 15.4. The van der Waals surface area contributed by atoms with Gasteiger partial charge >= 0.3 is 59.1 Å². The smallest absolute Gasteiger partial charge is 0.744 e. The number of benzene rings is 4. The van der Waals surface area contributed by atoms with Crippen molar-refractivity contribution in [2.45, 2.75) is 23.6 Å². The zero-order valence-electron chi connectivity index (χ0n) is 25.5. The topological polar surface area (TPSA) is 182 Å². The van der Waals surface area contributed by atoms with Crippen LogP contribution in [-0.2, 0) is 20.2 Å². The molecule has 0 bridgehead atoms. The Labute approximate surface area is 311 Å². The number of rotatable bonds is 12. The summed E-state index contributed by atoms with van der Waals surface area (Å²) in [7, 11) is -9.95. The average molecular weight is 681 g/mol. The van der Waals surface area contributed by atoms with E-state index in [4.69, 9.17) is 9.47 Å². The predicted octanol–water partition coefficient (Wildman–Crippen LogP) is 1.30. The second-order valence-electron chi connectivity index (χ2n) is 8.94. The molecule has 4 aromatic carbocycles. The van der Waals surface area contributed by atoms with Gasteiger partial charge in [-0.25, -0.2) is 16.8 Å². The van der Waals surface area contributed by atoms with Crippen LogP contribution in [0.2, 0.25) is 0 Å². The Morgan fingerprint density at radius 2 is 0.848 bits per heavy atom. The molecule has 46 heavy (non-hydrogen) atoms. The summed E-state index contributed by atoms with van der Waals surface area (Å²) in [4.78, 5) is -1.21. The van der Waals surface area contributed by atoms with Crippen molar-refractivity contribution in [3.05, 3.63) is 96.1 Å². The van der Waals surface area contributed by atoms with Crippen LogP contribution < -0.4 is 68.6 Å². The number of hydrogen-bond acceptors (Lipinski definition) is 12. The van der Waals surface area contributed by atoms with Gasteiger partial charge in [0, 0.05) is 0 Å². The van der Waals surface area contributed by atoms with Crippen LogP contribution in [0.1, 0.15) is 25.0 Å². The van der Waals surface area contributed by atoms with Gasteiger partial charge in [-0.3, -0.25) is 0 Å². The van der Waals surface area contributed by atoms with Crippen LogP contribution in [-0.4, -0.2) is 39.2 Å². The first-order valence-electron chi connectivity index (χ1n) is 13.1. The molecule has 4 aromatic rings. The van der Waals surface area contributed by atoms with Crippen molar-refractivity contribution < 1.29 is 94.5 Å². The van der Waals surface area contributed by atoms with Gasteiger partial charge in [-0.15, -0.1) is 0 Å². The molecule has 0 saturated heterocycles. The molecular weight excluding hydrogens is 654 g/mol. The van der Waals surface area contributed by atoms with Crippen molar-refractivity contribution in [2.75, 3.05) is 13.2 Å². The first-order chi connectivity index (χ1) is 21.0. The van der Waals surface area contributed by atoms with E-state index in [-0.39, 0.29) is 81.6 Å². The van der Waals surface area contributed by atoms with Crippen molar-refractivity contribution >= 4 is 55.1 Å². The van der Waals surface area contributed by atoms with Crippen LogP contribution in [0.5, 0.6) is 11.5 Å². The minimum atomic E-state index is -4.98. The molecule has 0 aromatic heterocycles. The Hall–Kier alpha value is -2.76. The molecule has 0 amide bonds. The van der Waals surface area contributed by atoms with Crippen molar-refractivity contribution in [1.29, 1.82) is 0 Å². The molecule has 0 unspecified atom stereocenters. The molecule has 0 fully saturated rings. The third kappa shape index (κ3) is 11.5. The first kappa shape index (κ1) is 39.4. The van der Waals surface area contributed by atoms with Crippen molar-refractivity contribution in [2.24, 2.45) is 20.5 Å². The Morgan fingerprint density at radius 3 is 1.15 bits per heavy atom. The summed E-state index contributed by atoms with van der Waals surface area (Å²) in [5.41, 5.74) is 1.03. The van der Waals surface area contributed by atoms with Gasteiger partial charge in [0.15, 0.2) is 0 Å². The van der Waals surface area contributed by atoms with Gasteiger partial charge in [-0.1, -0.05) is 24.3 Å². The second-order valence-corrected chi connectivity index (χ2v) is 11.6. The van der Waals surface area contributed by atoms with E-state index in [2.05, 4.69) is 20.5 Å². The number of hydrogen-bond donors (Lipinski definition) is 0. The van der Waals surface area contributed by atoms with Crippen LogP contribution in [0.3, 0.4) is 0 Å². The van der Waals surface area contributed by atoms with Crippen LogP contribution in [0.4, 0.5) is 22.7 Å². The van der Waals surface area contributed by atoms with Crippen LogP contribution in [0.15, 0.2) is 115 Å². The molecule has 0 aliphatic carbocycles. The van der Waals surface area contributed by atoms with Gasteiger partial charge in [-0.2, -0.15) is 20.5 Å². The predicted molar refractivity (Wildman–Crippen MR) is 161 cm³/mol. The summed E-state index contributed by atoms with van der Waals surface area (Å²) in [6, 6.07) is 21.0. The molecule has 0 radical (unpaired) electrons. The molecule has 0 atom stereocenters. The van der Waals surface area contributed by atoms with Gasteiger partial charge in [-0.05, 0) is 97.8 Å². The Morgan fingerprint density at radius 1 is 0.543 bits per heavy atom. The summed E-state index contributed by atoms with van der Waals surface area (Å²) in [6.07, 6.45) is 2.42. The maximum atomic E-state index is 12.1. The van der Waals surface area contributed by atoms with Gasteiger partial charge < -0.3 is 18.6 Å². The van der Waals surface area contributed by atoms with E-state index in [0.29, 0.717) is 36.1 Å². The van der Waals surface area contributed by atoms with Gasteiger partial charge in [0.25, 0.3) is 0 Å². The molecule has 228 valence electrons. The largest absolute Gasteiger partial charge is 1.00 e. The monoisotopic (exact) mass is 680 g/mol. The number of ether oxygens (including phenoxy) is 2. The molecule has 0 heterocycles. The quantitative estimate of drug-likeness (QED) is 0.0929. The molecular formula is C30H26N4Na2O8S2. The standard InChI is InChI=1S/C30H28N4O8S2.2Na/c1-3-41-27-15-11-23(12-16-27)31-33-25-9-7-21(29(19-25)43(35,36)37)5-6-22-8-10-26(20-30(22)44(38,39)40)34-32-24-13-17-28(18-14-24)42-4-2;;/h5-20H,3-4H2,1-2H3,(H,35,36,37)(H,38,39,40);;/q;2*+1/p-2/b6-5+,33-31?,34-32?;;. The Bertz CT molecular complexity index is 1790. The van der Waals surface area contributed by atoms with E-state index >= 15 is 0 Å². The molecule has 0 spiro atoms.